The fraction of sp³-hybridized carbons (Fsp3) is 0.400. The predicted molar refractivity (Wildman–Crippen MR) is 105 cm³/mol. The van der Waals surface area contributed by atoms with Gasteiger partial charge >= 0.3 is 0 Å². The molecule has 2 aromatic rings. The van der Waals surface area contributed by atoms with Gasteiger partial charge in [0.2, 0.25) is 5.88 Å². The van der Waals surface area contributed by atoms with Gasteiger partial charge in [0.15, 0.2) is 5.96 Å². The van der Waals surface area contributed by atoms with Crippen LogP contribution in [0.2, 0.25) is 0 Å². The second kappa shape index (κ2) is 10.4. The summed E-state index contributed by atoms with van der Waals surface area (Å²) in [6, 6.07) is 9.79. The lowest BCUT2D eigenvalue weighted by atomic mass is 10.3. The molecule has 0 radical (unpaired) electrons. The Labute approximate surface area is 159 Å². The molecule has 6 nitrogen and oxygen atoms in total. The highest BCUT2D eigenvalue weighted by Gasteiger charge is 2.06. The van der Waals surface area contributed by atoms with E-state index in [1.54, 1.807) is 25.4 Å². The second-order valence-electron chi connectivity index (χ2n) is 6.36. The molecule has 1 aromatic heterocycles. The summed E-state index contributed by atoms with van der Waals surface area (Å²) >= 11 is 0. The van der Waals surface area contributed by atoms with Gasteiger partial charge in [0.05, 0.1) is 12.6 Å². The van der Waals surface area contributed by atoms with Gasteiger partial charge in [-0.1, -0.05) is 6.07 Å². The van der Waals surface area contributed by atoms with E-state index in [0.29, 0.717) is 30.7 Å². The van der Waals surface area contributed by atoms with Crippen molar-refractivity contribution in [3.63, 3.8) is 0 Å². The highest BCUT2D eigenvalue weighted by Crippen LogP contribution is 2.12. The molecule has 1 aromatic carbocycles. The summed E-state index contributed by atoms with van der Waals surface area (Å²) in [7, 11) is 1.71. The van der Waals surface area contributed by atoms with E-state index in [2.05, 4.69) is 20.6 Å². The zero-order chi connectivity index (χ0) is 19.6. The zero-order valence-corrected chi connectivity index (χ0v) is 16.2. The summed E-state index contributed by atoms with van der Waals surface area (Å²) in [5.74, 6) is 1.62. The molecule has 0 amide bonds. The number of halogens is 1. The Morgan fingerprint density at radius 3 is 2.41 bits per heavy atom. The van der Waals surface area contributed by atoms with Crippen LogP contribution < -0.4 is 20.1 Å². The third-order valence-corrected chi connectivity index (χ3v) is 3.55. The average molecular weight is 374 g/mol. The number of aromatic nitrogens is 1. The number of nitrogens with one attached hydrogen (secondary N) is 2. The number of guanidine groups is 1. The van der Waals surface area contributed by atoms with Gasteiger partial charge < -0.3 is 20.1 Å². The monoisotopic (exact) mass is 374 g/mol. The molecule has 146 valence electrons. The first-order valence-corrected chi connectivity index (χ1v) is 8.94. The van der Waals surface area contributed by atoms with Gasteiger partial charge in [0.25, 0.3) is 0 Å². The number of nitrogens with zero attached hydrogens (tertiary/aromatic N) is 2. The van der Waals surface area contributed by atoms with E-state index in [4.69, 9.17) is 9.47 Å². The molecule has 0 aliphatic heterocycles. The van der Waals surface area contributed by atoms with Crippen molar-refractivity contribution in [1.29, 1.82) is 0 Å². The molecule has 0 fully saturated rings. The lowest BCUT2D eigenvalue weighted by molar-refractivity contribution is 0.223. The van der Waals surface area contributed by atoms with E-state index in [9.17, 15) is 4.39 Å². The van der Waals surface area contributed by atoms with Crippen molar-refractivity contribution in [3.05, 3.63) is 54.0 Å². The van der Waals surface area contributed by atoms with Crippen LogP contribution >= 0.6 is 0 Å². The maximum Gasteiger partial charge on any atom is 0.213 e. The summed E-state index contributed by atoms with van der Waals surface area (Å²) in [5.41, 5.74) is 1.02. The van der Waals surface area contributed by atoms with Gasteiger partial charge in [-0.25, -0.2) is 9.37 Å². The first-order chi connectivity index (χ1) is 13.0. The predicted octanol–water partition coefficient (Wildman–Crippen LogP) is 3.14. The van der Waals surface area contributed by atoms with Crippen LogP contribution in [0.3, 0.4) is 0 Å². The molecular weight excluding hydrogens is 347 g/mol. The Bertz CT molecular complexity index is 718. The van der Waals surface area contributed by atoms with Gasteiger partial charge in [-0.2, -0.15) is 0 Å². The third kappa shape index (κ3) is 7.52. The van der Waals surface area contributed by atoms with Crippen molar-refractivity contribution in [3.8, 4) is 11.6 Å². The Kier molecular flexibility index (Phi) is 7.85. The van der Waals surface area contributed by atoms with Crippen molar-refractivity contribution in [1.82, 2.24) is 15.6 Å². The second-order valence-corrected chi connectivity index (χ2v) is 6.36. The summed E-state index contributed by atoms with van der Waals surface area (Å²) in [6.07, 6.45) is 1.77. The average Bonchev–Trinajstić information content (AvgIpc) is 2.64. The van der Waals surface area contributed by atoms with Crippen LogP contribution in [-0.2, 0) is 6.54 Å². The number of hydrogen-bond donors (Lipinski definition) is 2. The summed E-state index contributed by atoms with van der Waals surface area (Å²) in [5, 5.41) is 6.43. The summed E-state index contributed by atoms with van der Waals surface area (Å²) in [4.78, 5) is 8.48. The SMILES string of the molecule is CN=C(NCc1ccc(OC(C)C)nc1)NCC(C)Oc1ccc(F)cc1. The van der Waals surface area contributed by atoms with Crippen molar-refractivity contribution >= 4 is 5.96 Å². The van der Waals surface area contributed by atoms with Gasteiger partial charge in [0, 0.05) is 25.9 Å². The van der Waals surface area contributed by atoms with Crippen LogP contribution in [0.25, 0.3) is 0 Å². The largest absolute Gasteiger partial charge is 0.489 e. The molecule has 0 saturated carbocycles. The standard InChI is InChI=1S/C20H27FN4O2/c1-14(2)26-19-10-5-16(12-23-19)13-25-20(22-4)24-11-15(3)27-18-8-6-17(21)7-9-18/h5-10,12,14-15H,11,13H2,1-4H3,(H2,22,24,25). The normalized spacial score (nSPS) is 12.6. The molecule has 0 aliphatic rings. The maximum absolute atomic E-state index is 12.9. The van der Waals surface area contributed by atoms with E-state index < -0.39 is 0 Å². The lowest BCUT2D eigenvalue weighted by Crippen LogP contribution is -2.41. The highest BCUT2D eigenvalue weighted by molar-refractivity contribution is 5.79. The molecular formula is C20H27FN4O2. The quantitative estimate of drug-likeness (QED) is 0.549. The number of benzene rings is 1. The van der Waals surface area contributed by atoms with Crippen LogP contribution in [0.15, 0.2) is 47.6 Å². The van der Waals surface area contributed by atoms with Gasteiger partial charge in [-0.15, -0.1) is 0 Å². The topological polar surface area (TPSA) is 67.8 Å². The minimum absolute atomic E-state index is 0.101. The van der Waals surface area contributed by atoms with E-state index in [-0.39, 0.29) is 18.0 Å². The van der Waals surface area contributed by atoms with Crippen molar-refractivity contribution in [2.75, 3.05) is 13.6 Å². The van der Waals surface area contributed by atoms with E-state index in [0.717, 1.165) is 5.56 Å². The fourth-order valence-electron chi connectivity index (χ4n) is 2.26. The van der Waals surface area contributed by atoms with Crippen molar-refractivity contribution < 1.29 is 13.9 Å². The van der Waals surface area contributed by atoms with Crippen molar-refractivity contribution in [2.24, 2.45) is 4.99 Å². The molecule has 0 aliphatic carbocycles. The summed E-state index contributed by atoms with van der Waals surface area (Å²) in [6.45, 7) is 7.00. The number of hydrogen-bond acceptors (Lipinski definition) is 4. The van der Waals surface area contributed by atoms with Gasteiger partial charge in [0.1, 0.15) is 17.7 Å². The number of pyridine rings is 1. The molecule has 1 unspecified atom stereocenters. The van der Waals surface area contributed by atoms with Crippen LogP contribution in [0.5, 0.6) is 11.6 Å². The minimum Gasteiger partial charge on any atom is -0.489 e. The fourth-order valence-corrected chi connectivity index (χ4v) is 2.26. The number of aliphatic imine (C=N–C) groups is 1. The number of rotatable bonds is 8. The molecule has 2 rings (SSSR count). The van der Waals surface area contributed by atoms with Crippen LogP contribution in [0.1, 0.15) is 26.3 Å². The molecule has 27 heavy (non-hydrogen) atoms. The van der Waals surface area contributed by atoms with E-state index in [1.807, 2.05) is 32.9 Å². The molecule has 2 N–H and O–H groups in total. The lowest BCUT2D eigenvalue weighted by Gasteiger charge is -2.18. The Morgan fingerprint density at radius 2 is 1.81 bits per heavy atom. The Morgan fingerprint density at radius 1 is 1.07 bits per heavy atom. The van der Waals surface area contributed by atoms with Crippen LogP contribution in [0.4, 0.5) is 4.39 Å². The molecule has 0 saturated heterocycles. The minimum atomic E-state index is -0.281. The van der Waals surface area contributed by atoms with Gasteiger partial charge in [-0.05, 0) is 50.6 Å². The van der Waals surface area contributed by atoms with Crippen LogP contribution in [-0.4, -0.2) is 36.7 Å². The number of ether oxygens (including phenoxy) is 2. The Balaban J connectivity index is 1.75. The Hall–Kier alpha value is -2.83. The highest BCUT2D eigenvalue weighted by atomic mass is 19.1. The molecule has 0 spiro atoms. The van der Waals surface area contributed by atoms with E-state index >= 15 is 0 Å². The molecule has 1 atom stereocenters. The first-order valence-electron chi connectivity index (χ1n) is 8.94. The molecule has 0 bridgehead atoms. The maximum atomic E-state index is 12.9. The summed E-state index contributed by atoms with van der Waals surface area (Å²) < 4.78 is 24.2. The smallest absolute Gasteiger partial charge is 0.213 e. The van der Waals surface area contributed by atoms with Crippen molar-refractivity contribution in [2.45, 2.75) is 39.5 Å². The zero-order valence-electron chi connectivity index (χ0n) is 16.2. The molecule has 1 heterocycles. The van der Waals surface area contributed by atoms with Gasteiger partial charge in [-0.3, -0.25) is 4.99 Å². The molecule has 7 heteroatoms. The third-order valence-electron chi connectivity index (χ3n) is 3.55. The van der Waals surface area contributed by atoms with E-state index in [1.165, 1.54) is 12.1 Å². The first kappa shape index (κ1) is 20.5. The van der Waals surface area contributed by atoms with Crippen LogP contribution in [0, 0.1) is 5.82 Å².